The molecule has 1 N–H and O–H groups in total. The second-order valence-electron chi connectivity index (χ2n) is 2.96. The smallest absolute Gasteiger partial charge is 0.328 e. The van der Waals surface area contributed by atoms with Crippen LogP contribution >= 0.6 is 0 Å². The Bertz CT molecular complexity index is 354. The molecule has 0 bridgehead atoms. The Labute approximate surface area is 94.1 Å². The first-order chi connectivity index (χ1) is 7.72. The highest BCUT2D eigenvalue weighted by Crippen LogP contribution is 2.17. The van der Waals surface area contributed by atoms with Crippen molar-refractivity contribution >= 4 is 5.97 Å². The Kier molecular flexibility index (Phi) is 4.92. The van der Waals surface area contributed by atoms with Crippen molar-refractivity contribution in [2.24, 2.45) is 0 Å². The van der Waals surface area contributed by atoms with Crippen LogP contribution < -0.4 is 9.47 Å². The molecule has 0 heterocycles. The zero-order valence-electron chi connectivity index (χ0n) is 9.05. The maximum Gasteiger partial charge on any atom is 0.328 e. The number of carboxylic acids is 1. The Balaban J connectivity index is 2.40. The summed E-state index contributed by atoms with van der Waals surface area (Å²) in [5.41, 5.74) is 0. The lowest BCUT2D eigenvalue weighted by Crippen LogP contribution is -1.96. The predicted molar refractivity (Wildman–Crippen MR) is 59.9 cm³/mol. The molecule has 0 unspecified atom stereocenters. The summed E-state index contributed by atoms with van der Waals surface area (Å²) in [6, 6.07) is 7.17. The minimum Gasteiger partial charge on any atom is -0.494 e. The summed E-state index contributed by atoms with van der Waals surface area (Å²) in [5.74, 6) is 0.490. The highest BCUT2D eigenvalue weighted by atomic mass is 16.5. The highest BCUT2D eigenvalue weighted by molar-refractivity contribution is 5.79. The van der Waals surface area contributed by atoms with Crippen molar-refractivity contribution < 1.29 is 19.4 Å². The number of ether oxygens (including phenoxy) is 2. The average Bonchev–Trinajstić information content (AvgIpc) is 2.27. The molecule has 16 heavy (non-hydrogen) atoms. The van der Waals surface area contributed by atoms with Crippen molar-refractivity contribution in [3.05, 3.63) is 36.4 Å². The van der Waals surface area contributed by atoms with Crippen molar-refractivity contribution in [3.8, 4) is 11.5 Å². The van der Waals surface area contributed by atoms with Gasteiger partial charge >= 0.3 is 5.97 Å². The SMILES string of the molecule is CCOc1ccc(OC/C=C/C(=O)O)cc1. The minimum absolute atomic E-state index is 0.236. The fourth-order valence-corrected chi connectivity index (χ4v) is 1.09. The molecule has 86 valence electrons. The molecule has 0 spiro atoms. The van der Waals surface area contributed by atoms with E-state index in [0.717, 1.165) is 11.8 Å². The summed E-state index contributed by atoms with van der Waals surface area (Å²) in [6.45, 7) is 2.78. The monoisotopic (exact) mass is 222 g/mol. The van der Waals surface area contributed by atoms with Gasteiger partial charge in [0.2, 0.25) is 0 Å². The van der Waals surface area contributed by atoms with Crippen LogP contribution in [0.4, 0.5) is 0 Å². The molecule has 0 aromatic heterocycles. The molecule has 0 atom stereocenters. The molecule has 1 aromatic carbocycles. The molecule has 0 aliphatic rings. The van der Waals surface area contributed by atoms with Gasteiger partial charge in [0.1, 0.15) is 18.1 Å². The van der Waals surface area contributed by atoms with Crippen LogP contribution in [0, 0.1) is 0 Å². The van der Waals surface area contributed by atoms with Gasteiger partial charge in [-0.1, -0.05) is 0 Å². The summed E-state index contributed by atoms with van der Waals surface area (Å²) in [6.07, 6.45) is 2.49. The maximum atomic E-state index is 10.2. The van der Waals surface area contributed by atoms with Crippen molar-refractivity contribution in [1.82, 2.24) is 0 Å². The molecule has 0 saturated carbocycles. The van der Waals surface area contributed by atoms with Gasteiger partial charge < -0.3 is 14.6 Å². The number of aliphatic carboxylic acids is 1. The summed E-state index contributed by atoms with van der Waals surface area (Å²) in [7, 11) is 0. The van der Waals surface area contributed by atoms with Gasteiger partial charge in [0.25, 0.3) is 0 Å². The van der Waals surface area contributed by atoms with Crippen LogP contribution in [0.1, 0.15) is 6.92 Å². The normalized spacial score (nSPS) is 10.3. The Morgan fingerprint density at radius 1 is 1.25 bits per heavy atom. The van der Waals surface area contributed by atoms with Crippen LogP contribution in [-0.4, -0.2) is 24.3 Å². The number of benzene rings is 1. The van der Waals surface area contributed by atoms with E-state index in [0.29, 0.717) is 12.4 Å². The van der Waals surface area contributed by atoms with E-state index in [9.17, 15) is 4.79 Å². The number of carboxylic acid groups (broad SMARTS) is 1. The topological polar surface area (TPSA) is 55.8 Å². The molecule has 0 fully saturated rings. The average molecular weight is 222 g/mol. The van der Waals surface area contributed by atoms with Crippen molar-refractivity contribution in [2.75, 3.05) is 13.2 Å². The van der Waals surface area contributed by atoms with E-state index < -0.39 is 5.97 Å². The van der Waals surface area contributed by atoms with E-state index >= 15 is 0 Å². The van der Waals surface area contributed by atoms with Crippen molar-refractivity contribution in [3.63, 3.8) is 0 Å². The molecule has 0 radical (unpaired) electrons. The lowest BCUT2D eigenvalue weighted by Gasteiger charge is -2.05. The van der Waals surface area contributed by atoms with Crippen LogP contribution in [0.2, 0.25) is 0 Å². The third-order valence-corrected chi connectivity index (χ3v) is 1.74. The van der Waals surface area contributed by atoms with Gasteiger partial charge in [-0.05, 0) is 37.3 Å². The zero-order valence-corrected chi connectivity index (χ0v) is 9.05. The van der Waals surface area contributed by atoms with E-state index in [1.54, 1.807) is 24.3 Å². The number of hydrogen-bond donors (Lipinski definition) is 1. The summed E-state index contributed by atoms with van der Waals surface area (Å²) >= 11 is 0. The number of rotatable bonds is 6. The molecule has 0 saturated heterocycles. The van der Waals surface area contributed by atoms with Crippen LogP contribution in [0.3, 0.4) is 0 Å². The number of hydrogen-bond acceptors (Lipinski definition) is 3. The van der Waals surface area contributed by atoms with Gasteiger partial charge in [-0.3, -0.25) is 0 Å². The molecular weight excluding hydrogens is 208 g/mol. The molecule has 0 aliphatic carbocycles. The zero-order chi connectivity index (χ0) is 11.8. The van der Waals surface area contributed by atoms with E-state index in [1.807, 2.05) is 6.92 Å². The Morgan fingerprint density at radius 2 is 1.81 bits per heavy atom. The molecule has 1 aromatic rings. The van der Waals surface area contributed by atoms with Gasteiger partial charge in [0.05, 0.1) is 6.61 Å². The first-order valence-corrected chi connectivity index (χ1v) is 4.97. The second-order valence-corrected chi connectivity index (χ2v) is 2.96. The van der Waals surface area contributed by atoms with E-state index in [-0.39, 0.29) is 6.61 Å². The summed E-state index contributed by atoms with van der Waals surface area (Å²) < 4.78 is 10.6. The van der Waals surface area contributed by atoms with E-state index in [1.165, 1.54) is 6.08 Å². The van der Waals surface area contributed by atoms with Gasteiger partial charge in [-0.2, -0.15) is 0 Å². The van der Waals surface area contributed by atoms with Gasteiger partial charge in [0, 0.05) is 6.08 Å². The van der Waals surface area contributed by atoms with E-state index in [4.69, 9.17) is 14.6 Å². The summed E-state index contributed by atoms with van der Waals surface area (Å²) in [4.78, 5) is 10.2. The fourth-order valence-electron chi connectivity index (χ4n) is 1.09. The minimum atomic E-state index is -0.977. The molecule has 4 heteroatoms. The number of carbonyl (C=O) groups is 1. The Morgan fingerprint density at radius 3 is 2.31 bits per heavy atom. The van der Waals surface area contributed by atoms with Gasteiger partial charge in [-0.25, -0.2) is 4.79 Å². The lowest BCUT2D eigenvalue weighted by atomic mass is 10.3. The van der Waals surface area contributed by atoms with Crippen LogP contribution in [-0.2, 0) is 4.79 Å². The van der Waals surface area contributed by atoms with Crippen molar-refractivity contribution in [2.45, 2.75) is 6.92 Å². The predicted octanol–water partition coefficient (Wildman–Crippen LogP) is 2.10. The van der Waals surface area contributed by atoms with Crippen molar-refractivity contribution in [1.29, 1.82) is 0 Å². The molecule has 0 amide bonds. The highest BCUT2D eigenvalue weighted by Gasteiger charge is 1.94. The van der Waals surface area contributed by atoms with Gasteiger partial charge in [-0.15, -0.1) is 0 Å². The van der Waals surface area contributed by atoms with Gasteiger partial charge in [0.15, 0.2) is 0 Å². The molecule has 0 aliphatic heterocycles. The standard InChI is InChI=1S/C12H14O4/c1-2-15-10-5-7-11(8-6-10)16-9-3-4-12(13)14/h3-8H,2,9H2,1H3,(H,13,14)/b4-3+. The molecule has 1 rings (SSSR count). The maximum absolute atomic E-state index is 10.2. The van der Waals surface area contributed by atoms with E-state index in [2.05, 4.69) is 0 Å². The van der Waals surface area contributed by atoms with Crippen LogP contribution in [0.25, 0.3) is 0 Å². The largest absolute Gasteiger partial charge is 0.494 e. The lowest BCUT2D eigenvalue weighted by molar-refractivity contribution is -0.131. The summed E-state index contributed by atoms with van der Waals surface area (Å²) in [5, 5.41) is 8.35. The van der Waals surface area contributed by atoms with Crippen LogP contribution in [0.15, 0.2) is 36.4 Å². The Hall–Kier alpha value is -1.97. The third kappa shape index (κ3) is 4.50. The second kappa shape index (κ2) is 6.50. The first kappa shape index (κ1) is 12.1. The first-order valence-electron chi connectivity index (χ1n) is 4.97. The fraction of sp³-hybridized carbons (Fsp3) is 0.250. The molecular formula is C12H14O4. The quantitative estimate of drug-likeness (QED) is 0.749. The molecule has 4 nitrogen and oxygen atoms in total. The van der Waals surface area contributed by atoms with Crippen LogP contribution in [0.5, 0.6) is 11.5 Å². The third-order valence-electron chi connectivity index (χ3n) is 1.74.